The Labute approximate surface area is 121 Å². The fraction of sp³-hybridized carbons (Fsp3) is 0.188. The van der Waals surface area contributed by atoms with Crippen molar-refractivity contribution in [2.75, 3.05) is 5.32 Å². The number of carbonyl (C=O) groups excluding carboxylic acids is 1. The van der Waals surface area contributed by atoms with E-state index in [4.69, 9.17) is 5.73 Å². The van der Waals surface area contributed by atoms with Crippen LogP contribution >= 0.6 is 0 Å². The van der Waals surface area contributed by atoms with E-state index in [2.05, 4.69) is 5.32 Å². The summed E-state index contributed by atoms with van der Waals surface area (Å²) in [5, 5.41) is 2.85. The second-order valence-electron chi connectivity index (χ2n) is 4.95. The normalized spacial score (nSPS) is 10.5. The third kappa shape index (κ3) is 3.37. The van der Waals surface area contributed by atoms with Crippen LogP contribution < -0.4 is 11.1 Å². The zero-order valence-corrected chi connectivity index (χ0v) is 11.8. The minimum Gasteiger partial charge on any atom is -0.379 e. The summed E-state index contributed by atoms with van der Waals surface area (Å²) >= 11 is 0. The standard InChI is InChI=1S/C16H16F2N2O/c1-9-3-4-11(5-10(9)2)8-20-15-6-12(16(19)21)13(17)7-14(15)18/h3-7,20H,8H2,1-2H3,(H2,19,21). The van der Waals surface area contributed by atoms with Crippen molar-refractivity contribution in [3.05, 3.63) is 64.2 Å². The molecule has 3 nitrogen and oxygen atoms in total. The molecule has 110 valence electrons. The van der Waals surface area contributed by atoms with Gasteiger partial charge in [0.1, 0.15) is 11.6 Å². The maximum absolute atomic E-state index is 13.7. The molecule has 5 heteroatoms. The molecular weight excluding hydrogens is 274 g/mol. The van der Waals surface area contributed by atoms with E-state index in [1.165, 1.54) is 5.56 Å². The number of aryl methyl sites for hydroxylation is 2. The van der Waals surface area contributed by atoms with Crippen molar-refractivity contribution in [1.82, 2.24) is 0 Å². The Morgan fingerprint density at radius 3 is 2.43 bits per heavy atom. The van der Waals surface area contributed by atoms with Crippen molar-refractivity contribution in [2.24, 2.45) is 5.73 Å². The van der Waals surface area contributed by atoms with Gasteiger partial charge in [-0.05, 0) is 36.6 Å². The first-order chi connectivity index (χ1) is 9.88. The lowest BCUT2D eigenvalue weighted by atomic mass is 10.1. The van der Waals surface area contributed by atoms with Gasteiger partial charge in [-0.3, -0.25) is 4.79 Å². The molecule has 2 aromatic carbocycles. The van der Waals surface area contributed by atoms with Gasteiger partial charge in [0.05, 0.1) is 11.3 Å². The van der Waals surface area contributed by atoms with Gasteiger partial charge in [0.25, 0.3) is 5.91 Å². The molecule has 0 saturated carbocycles. The fourth-order valence-corrected chi connectivity index (χ4v) is 1.98. The van der Waals surface area contributed by atoms with Crippen LogP contribution in [0.5, 0.6) is 0 Å². The van der Waals surface area contributed by atoms with Gasteiger partial charge in [-0.1, -0.05) is 18.2 Å². The van der Waals surface area contributed by atoms with Crippen LogP contribution in [0.25, 0.3) is 0 Å². The van der Waals surface area contributed by atoms with E-state index in [1.807, 2.05) is 32.0 Å². The van der Waals surface area contributed by atoms with E-state index in [1.54, 1.807) is 0 Å². The number of carbonyl (C=O) groups is 1. The minimum absolute atomic E-state index is 0.0448. The zero-order valence-electron chi connectivity index (χ0n) is 11.8. The number of amides is 1. The van der Waals surface area contributed by atoms with Gasteiger partial charge in [0, 0.05) is 12.6 Å². The third-order valence-electron chi connectivity index (χ3n) is 3.38. The van der Waals surface area contributed by atoms with Crippen LogP contribution in [-0.2, 0) is 6.54 Å². The maximum Gasteiger partial charge on any atom is 0.251 e. The number of nitrogens with one attached hydrogen (secondary N) is 1. The summed E-state index contributed by atoms with van der Waals surface area (Å²) in [6.45, 7) is 4.36. The number of nitrogens with two attached hydrogens (primary N) is 1. The van der Waals surface area contributed by atoms with Gasteiger partial charge in [-0.2, -0.15) is 0 Å². The zero-order chi connectivity index (χ0) is 15.6. The van der Waals surface area contributed by atoms with Crippen LogP contribution in [0.2, 0.25) is 0 Å². The molecule has 2 rings (SSSR count). The lowest BCUT2D eigenvalue weighted by Gasteiger charge is -2.11. The molecule has 1 amide bonds. The van der Waals surface area contributed by atoms with E-state index in [0.717, 1.165) is 17.2 Å². The maximum atomic E-state index is 13.7. The van der Waals surface area contributed by atoms with Gasteiger partial charge in [-0.25, -0.2) is 8.78 Å². The van der Waals surface area contributed by atoms with E-state index >= 15 is 0 Å². The molecular formula is C16H16F2N2O. The van der Waals surface area contributed by atoms with Gasteiger partial charge in [0.15, 0.2) is 0 Å². The summed E-state index contributed by atoms with van der Waals surface area (Å²) in [4.78, 5) is 11.1. The number of halogens is 2. The molecule has 0 aromatic heterocycles. The highest BCUT2D eigenvalue weighted by Crippen LogP contribution is 2.20. The molecule has 0 radical (unpaired) electrons. The van der Waals surface area contributed by atoms with Crippen LogP contribution in [0.3, 0.4) is 0 Å². The second kappa shape index (κ2) is 5.91. The summed E-state index contributed by atoms with van der Waals surface area (Å²) < 4.78 is 27.1. The van der Waals surface area contributed by atoms with E-state index < -0.39 is 17.5 Å². The summed E-state index contributed by atoms with van der Waals surface area (Å²) in [6.07, 6.45) is 0. The Balaban J connectivity index is 2.21. The molecule has 0 saturated heterocycles. The molecule has 0 spiro atoms. The van der Waals surface area contributed by atoms with Crippen molar-refractivity contribution >= 4 is 11.6 Å². The Hall–Kier alpha value is -2.43. The van der Waals surface area contributed by atoms with Crippen molar-refractivity contribution in [3.63, 3.8) is 0 Å². The smallest absolute Gasteiger partial charge is 0.251 e. The number of primary amides is 1. The Bertz CT molecular complexity index is 699. The predicted molar refractivity (Wildman–Crippen MR) is 78.1 cm³/mol. The average Bonchev–Trinajstić information content (AvgIpc) is 2.41. The molecule has 3 N–H and O–H groups in total. The average molecular weight is 290 g/mol. The second-order valence-corrected chi connectivity index (χ2v) is 4.95. The van der Waals surface area contributed by atoms with Crippen molar-refractivity contribution in [1.29, 1.82) is 0 Å². The van der Waals surface area contributed by atoms with E-state index in [9.17, 15) is 13.6 Å². The number of anilines is 1. The number of rotatable bonds is 4. The summed E-state index contributed by atoms with van der Waals surface area (Å²) in [5.41, 5.74) is 8.02. The van der Waals surface area contributed by atoms with Crippen LogP contribution in [0.1, 0.15) is 27.0 Å². The molecule has 0 atom stereocenters. The van der Waals surface area contributed by atoms with Crippen LogP contribution in [0.15, 0.2) is 30.3 Å². The molecule has 0 aliphatic rings. The van der Waals surface area contributed by atoms with Crippen molar-refractivity contribution < 1.29 is 13.6 Å². The third-order valence-corrected chi connectivity index (χ3v) is 3.38. The fourth-order valence-electron chi connectivity index (χ4n) is 1.98. The largest absolute Gasteiger partial charge is 0.379 e. The monoisotopic (exact) mass is 290 g/mol. The Kier molecular flexibility index (Phi) is 4.21. The van der Waals surface area contributed by atoms with E-state index in [-0.39, 0.29) is 11.3 Å². The summed E-state index contributed by atoms with van der Waals surface area (Å²) in [5.74, 6) is -2.65. The lowest BCUT2D eigenvalue weighted by molar-refractivity contribution is 0.0996. The van der Waals surface area contributed by atoms with Crippen LogP contribution in [0.4, 0.5) is 14.5 Å². The van der Waals surface area contributed by atoms with Gasteiger partial charge < -0.3 is 11.1 Å². The SMILES string of the molecule is Cc1ccc(CNc2cc(C(N)=O)c(F)cc2F)cc1C. The predicted octanol–water partition coefficient (Wildman–Crippen LogP) is 3.29. The van der Waals surface area contributed by atoms with Gasteiger partial charge in [0.2, 0.25) is 0 Å². The topological polar surface area (TPSA) is 55.1 Å². The van der Waals surface area contributed by atoms with Crippen LogP contribution in [-0.4, -0.2) is 5.91 Å². The van der Waals surface area contributed by atoms with Crippen molar-refractivity contribution in [3.8, 4) is 0 Å². The molecule has 0 unspecified atom stereocenters. The molecule has 0 aliphatic heterocycles. The highest BCUT2D eigenvalue weighted by molar-refractivity contribution is 5.94. The number of benzene rings is 2. The molecule has 21 heavy (non-hydrogen) atoms. The Morgan fingerprint density at radius 1 is 1.10 bits per heavy atom. The molecule has 2 aromatic rings. The quantitative estimate of drug-likeness (QED) is 0.907. The summed E-state index contributed by atoms with van der Waals surface area (Å²) in [6, 6.07) is 7.63. The number of hydrogen-bond donors (Lipinski definition) is 2. The summed E-state index contributed by atoms with van der Waals surface area (Å²) in [7, 11) is 0. The minimum atomic E-state index is -0.961. The first kappa shape index (κ1) is 15.0. The van der Waals surface area contributed by atoms with Gasteiger partial charge in [-0.15, -0.1) is 0 Å². The molecule has 0 bridgehead atoms. The van der Waals surface area contributed by atoms with Gasteiger partial charge >= 0.3 is 0 Å². The lowest BCUT2D eigenvalue weighted by Crippen LogP contribution is -2.14. The highest BCUT2D eigenvalue weighted by Gasteiger charge is 2.13. The van der Waals surface area contributed by atoms with Crippen molar-refractivity contribution in [2.45, 2.75) is 20.4 Å². The first-order valence-corrected chi connectivity index (χ1v) is 6.47. The van der Waals surface area contributed by atoms with Crippen LogP contribution in [0, 0.1) is 25.5 Å². The Morgan fingerprint density at radius 2 is 1.81 bits per heavy atom. The first-order valence-electron chi connectivity index (χ1n) is 6.47. The molecule has 0 fully saturated rings. The molecule has 0 heterocycles. The highest BCUT2D eigenvalue weighted by atomic mass is 19.1. The number of hydrogen-bond acceptors (Lipinski definition) is 2. The molecule has 0 aliphatic carbocycles. The van der Waals surface area contributed by atoms with E-state index in [0.29, 0.717) is 12.6 Å².